The molecule has 0 spiro atoms. The molecule has 25 heavy (non-hydrogen) atoms. The van der Waals surface area contributed by atoms with Crippen LogP contribution in [0.3, 0.4) is 0 Å². The lowest BCUT2D eigenvalue weighted by Gasteiger charge is -2.10. The molecule has 2 heterocycles. The van der Waals surface area contributed by atoms with Crippen LogP contribution in [-0.2, 0) is 0 Å². The van der Waals surface area contributed by atoms with Gasteiger partial charge in [0.2, 0.25) is 5.52 Å². The maximum absolute atomic E-state index is 5.51. The summed E-state index contributed by atoms with van der Waals surface area (Å²) in [5, 5.41) is 4.85. The van der Waals surface area contributed by atoms with E-state index < -0.39 is 0 Å². The number of pyridine rings is 2. The average molecular weight is 332 g/mol. The van der Waals surface area contributed by atoms with Crippen molar-refractivity contribution in [1.82, 2.24) is 0 Å². The summed E-state index contributed by atoms with van der Waals surface area (Å²) in [6, 6.07) is 13.1. The number of aromatic nitrogens is 1. The number of nitrogens with zero attached hydrogens (tertiary/aromatic N) is 1. The number of ether oxygens (including phenoxy) is 2. The molecule has 0 saturated carbocycles. The fourth-order valence-electron chi connectivity index (χ4n) is 3.61. The predicted molar refractivity (Wildman–Crippen MR) is 102 cm³/mol. The second-order valence-electron chi connectivity index (χ2n) is 6.62. The molecular weight excluding hydrogens is 310 g/mol. The molecule has 0 amide bonds. The first-order valence-electron chi connectivity index (χ1n) is 8.44. The van der Waals surface area contributed by atoms with Crippen molar-refractivity contribution < 1.29 is 13.9 Å². The highest BCUT2D eigenvalue weighted by Gasteiger charge is 2.17. The molecule has 0 atom stereocenters. The van der Waals surface area contributed by atoms with Crippen LogP contribution in [-0.4, -0.2) is 14.2 Å². The Labute approximate surface area is 147 Å². The third-order valence-corrected chi connectivity index (χ3v) is 5.20. The zero-order valence-corrected chi connectivity index (χ0v) is 15.3. The van der Waals surface area contributed by atoms with E-state index in [9.17, 15) is 0 Å². The molecule has 0 fully saturated rings. The standard InChI is InChI=1S/C22H22NO2/c1-13-8-17-10-20-19-12-22(25-5)21(24-4)11-16(19)6-7-23(20)15(3)18(17)9-14(13)2/h6-12H,1-5H3/q+1. The number of methoxy groups -OCH3 is 2. The maximum Gasteiger partial charge on any atom is 0.219 e. The molecule has 0 bridgehead atoms. The van der Waals surface area contributed by atoms with Crippen LogP contribution in [0.5, 0.6) is 11.5 Å². The highest BCUT2D eigenvalue weighted by molar-refractivity contribution is 5.99. The Kier molecular flexibility index (Phi) is 3.53. The van der Waals surface area contributed by atoms with Gasteiger partial charge in [-0.2, -0.15) is 4.40 Å². The zero-order valence-electron chi connectivity index (χ0n) is 15.3. The minimum Gasteiger partial charge on any atom is -0.493 e. The van der Waals surface area contributed by atoms with E-state index in [4.69, 9.17) is 9.47 Å². The van der Waals surface area contributed by atoms with E-state index in [1.165, 1.54) is 33.1 Å². The highest BCUT2D eigenvalue weighted by Crippen LogP contribution is 2.34. The van der Waals surface area contributed by atoms with Gasteiger partial charge in [-0.25, -0.2) is 0 Å². The van der Waals surface area contributed by atoms with E-state index in [2.05, 4.69) is 61.7 Å². The van der Waals surface area contributed by atoms with E-state index in [1.54, 1.807) is 14.2 Å². The van der Waals surface area contributed by atoms with Crippen LogP contribution in [0.2, 0.25) is 0 Å². The zero-order chi connectivity index (χ0) is 17.7. The summed E-state index contributed by atoms with van der Waals surface area (Å²) in [7, 11) is 3.34. The molecule has 0 radical (unpaired) electrons. The molecule has 3 heteroatoms. The topological polar surface area (TPSA) is 22.6 Å². The Morgan fingerprint density at radius 1 is 0.720 bits per heavy atom. The number of benzene rings is 2. The van der Waals surface area contributed by atoms with Crippen molar-refractivity contribution in [3.8, 4) is 11.5 Å². The third-order valence-electron chi connectivity index (χ3n) is 5.20. The summed E-state index contributed by atoms with van der Waals surface area (Å²) in [5.41, 5.74) is 5.05. The second-order valence-corrected chi connectivity index (χ2v) is 6.62. The Hall–Kier alpha value is -2.81. The average Bonchev–Trinajstić information content (AvgIpc) is 2.62. The Morgan fingerprint density at radius 3 is 2.12 bits per heavy atom. The van der Waals surface area contributed by atoms with Crippen LogP contribution in [0, 0.1) is 20.8 Å². The summed E-state index contributed by atoms with van der Waals surface area (Å²) in [6.45, 7) is 6.51. The number of rotatable bonds is 2. The van der Waals surface area contributed by atoms with Crippen molar-refractivity contribution in [2.45, 2.75) is 20.8 Å². The van der Waals surface area contributed by atoms with Crippen molar-refractivity contribution in [2.75, 3.05) is 14.2 Å². The Bertz CT molecular complexity index is 1150. The van der Waals surface area contributed by atoms with Crippen LogP contribution in [0.1, 0.15) is 16.8 Å². The SMILES string of the molecule is COc1cc2cc[n+]3c(C)c4cc(C)c(C)cc4cc3c2cc1OC. The van der Waals surface area contributed by atoms with Gasteiger partial charge >= 0.3 is 0 Å². The van der Waals surface area contributed by atoms with Gasteiger partial charge in [0, 0.05) is 24.4 Å². The maximum atomic E-state index is 5.51. The van der Waals surface area contributed by atoms with Crippen LogP contribution >= 0.6 is 0 Å². The lowest BCUT2D eigenvalue weighted by atomic mass is 10.00. The van der Waals surface area contributed by atoms with Crippen LogP contribution in [0.15, 0.2) is 42.6 Å². The van der Waals surface area contributed by atoms with E-state index in [0.29, 0.717) is 0 Å². The molecule has 0 N–H and O–H groups in total. The van der Waals surface area contributed by atoms with E-state index in [0.717, 1.165) is 22.3 Å². The Morgan fingerprint density at radius 2 is 1.40 bits per heavy atom. The minimum absolute atomic E-state index is 0.751. The minimum atomic E-state index is 0.751. The molecule has 0 unspecified atom stereocenters. The number of aryl methyl sites for hydroxylation is 3. The van der Waals surface area contributed by atoms with Gasteiger partial charge in [-0.05, 0) is 53.9 Å². The van der Waals surface area contributed by atoms with Crippen molar-refractivity contribution in [3.05, 3.63) is 59.4 Å². The first kappa shape index (κ1) is 15.7. The lowest BCUT2D eigenvalue weighted by Crippen LogP contribution is -2.25. The summed E-state index contributed by atoms with van der Waals surface area (Å²) in [4.78, 5) is 0. The van der Waals surface area contributed by atoms with Gasteiger partial charge in [-0.3, -0.25) is 0 Å². The third kappa shape index (κ3) is 2.30. The molecule has 0 aliphatic rings. The van der Waals surface area contributed by atoms with Gasteiger partial charge in [0.1, 0.15) is 0 Å². The predicted octanol–water partition coefficient (Wildman–Crippen LogP) is 4.67. The number of fused-ring (bicyclic) bond motifs is 4. The van der Waals surface area contributed by atoms with Gasteiger partial charge in [-0.15, -0.1) is 0 Å². The molecule has 0 saturated heterocycles. The van der Waals surface area contributed by atoms with Crippen molar-refractivity contribution in [2.24, 2.45) is 0 Å². The molecule has 2 aromatic heterocycles. The molecule has 2 aromatic carbocycles. The fraction of sp³-hybridized carbons (Fsp3) is 0.227. The molecule has 4 rings (SSSR count). The second kappa shape index (κ2) is 5.62. The highest BCUT2D eigenvalue weighted by atomic mass is 16.5. The number of hydrogen-bond acceptors (Lipinski definition) is 2. The fourth-order valence-corrected chi connectivity index (χ4v) is 3.61. The molecule has 4 aromatic rings. The van der Waals surface area contributed by atoms with Gasteiger partial charge in [0.15, 0.2) is 23.4 Å². The van der Waals surface area contributed by atoms with Crippen molar-refractivity contribution in [1.29, 1.82) is 0 Å². The quantitative estimate of drug-likeness (QED) is 0.302. The molecule has 3 nitrogen and oxygen atoms in total. The summed E-state index contributed by atoms with van der Waals surface area (Å²) >= 11 is 0. The van der Waals surface area contributed by atoms with Crippen LogP contribution in [0.25, 0.3) is 27.1 Å². The van der Waals surface area contributed by atoms with Crippen molar-refractivity contribution >= 4 is 27.1 Å². The van der Waals surface area contributed by atoms with Gasteiger partial charge in [0.25, 0.3) is 0 Å². The number of hydrogen-bond donors (Lipinski definition) is 0. The first-order valence-corrected chi connectivity index (χ1v) is 8.44. The summed E-state index contributed by atoms with van der Waals surface area (Å²) < 4.78 is 13.2. The van der Waals surface area contributed by atoms with Crippen molar-refractivity contribution in [3.63, 3.8) is 0 Å². The van der Waals surface area contributed by atoms with Gasteiger partial charge in [0.05, 0.1) is 19.6 Å². The molecule has 0 aliphatic heterocycles. The van der Waals surface area contributed by atoms with Crippen LogP contribution < -0.4 is 13.9 Å². The molecular formula is C22H22NO2+. The monoisotopic (exact) mass is 332 g/mol. The van der Waals surface area contributed by atoms with Crippen LogP contribution in [0.4, 0.5) is 0 Å². The van der Waals surface area contributed by atoms with Gasteiger partial charge < -0.3 is 9.47 Å². The normalized spacial score (nSPS) is 11.4. The van der Waals surface area contributed by atoms with E-state index >= 15 is 0 Å². The first-order chi connectivity index (χ1) is 12.0. The molecule has 126 valence electrons. The molecule has 0 aliphatic carbocycles. The summed E-state index contributed by atoms with van der Waals surface area (Å²) in [5.74, 6) is 1.50. The largest absolute Gasteiger partial charge is 0.493 e. The Balaban J connectivity index is 2.18. The van der Waals surface area contributed by atoms with E-state index in [1.807, 2.05) is 6.07 Å². The smallest absolute Gasteiger partial charge is 0.219 e. The van der Waals surface area contributed by atoms with E-state index in [-0.39, 0.29) is 0 Å². The summed E-state index contributed by atoms with van der Waals surface area (Å²) in [6.07, 6.45) is 2.13. The lowest BCUT2D eigenvalue weighted by molar-refractivity contribution is -0.516. The van der Waals surface area contributed by atoms with Gasteiger partial charge in [-0.1, -0.05) is 6.07 Å².